The van der Waals surface area contributed by atoms with E-state index in [1.807, 2.05) is 24.3 Å². The minimum Gasteiger partial charge on any atom is -0.376 e. The molecule has 0 unspecified atom stereocenters. The lowest BCUT2D eigenvalue weighted by Gasteiger charge is -2.51. The Bertz CT molecular complexity index is 1420. The Morgan fingerprint density at radius 3 is 2.35 bits per heavy atom. The summed E-state index contributed by atoms with van der Waals surface area (Å²) in [5, 5.41) is 2.93. The van der Waals surface area contributed by atoms with E-state index in [1.165, 1.54) is 4.90 Å². The number of halogens is 1. The number of carbonyl (C=O) groups excluding carboxylic acids is 3. The normalized spacial score (nSPS) is 29.2. The summed E-state index contributed by atoms with van der Waals surface area (Å²) in [4.78, 5) is 42.3. The summed E-state index contributed by atoms with van der Waals surface area (Å²) in [6.45, 7) is 1.17. The zero-order valence-corrected chi connectivity index (χ0v) is 21.6. The van der Waals surface area contributed by atoms with Crippen LogP contribution in [0.25, 0.3) is 0 Å². The average molecular weight is 557 g/mol. The number of ether oxygens (including phenoxy) is 1. The highest BCUT2D eigenvalue weighted by Gasteiger charge is 2.67. The number of alkyl halides is 1. The monoisotopic (exact) mass is 556 g/mol. The molecule has 7 heteroatoms. The van der Waals surface area contributed by atoms with Crippen LogP contribution in [-0.2, 0) is 18.7 Å². The van der Waals surface area contributed by atoms with E-state index in [-0.39, 0.29) is 29.7 Å². The van der Waals surface area contributed by atoms with Crippen LogP contribution in [0.3, 0.4) is 0 Å². The maximum absolute atomic E-state index is 14.1. The molecule has 8 rings (SSSR count). The molecule has 6 nitrogen and oxygen atoms in total. The second-order valence-corrected chi connectivity index (χ2v) is 11.5. The van der Waals surface area contributed by atoms with Crippen LogP contribution in [-0.4, -0.2) is 37.0 Å². The van der Waals surface area contributed by atoms with Gasteiger partial charge >= 0.3 is 0 Å². The minimum absolute atomic E-state index is 0.0332. The third kappa shape index (κ3) is 3.17. The zero-order valence-electron chi connectivity index (χ0n) is 20.0. The molecule has 3 atom stereocenters. The van der Waals surface area contributed by atoms with Crippen molar-refractivity contribution in [2.24, 2.45) is 11.8 Å². The molecule has 0 saturated carbocycles. The fourth-order valence-electron chi connectivity index (χ4n) is 6.83. The maximum atomic E-state index is 14.1. The molecule has 0 radical (unpaired) electrons. The van der Waals surface area contributed by atoms with Gasteiger partial charge in [0.15, 0.2) is 0 Å². The van der Waals surface area contributed by atoms with E-state index in [2.05, 4.69) is 45.5 Å². The predicted molar refractivity (Wildman–Crippen MR) is 142 cm³/mol. The summed E-state index contributed by atoms with van der Waals surface area (Å²) in [5.41, 5.74) is 5.11. The molecule has 3 aliphatic carbocycles. The third-order valence-corrected chi connectivity index (χ3v) is 9.74. The molecule has 2 aliphatic heterocycles. The van der Waals surface area contributed by atoms with E-state index in [4.69, 9.17) is 4.74 Å². The quantitative estimate of drug-likeness (QED) is 0.379. The first-order chi connectivity index (χ1) is 18.0. The van der Waals surface area contributed by atoms with E-state index in [0.29, 0.717) is 17.8 Å². The van der Waals surface area contributed by atoms with Crippen LogP contribution in [0, 0.1) is 11.8 Å². The molecular formula is C30H25BrN2O4. The Hall–Kier alpha value is -3.29. The topological polar surface area (TPSA) is 75.7 Å². The van der Waals surface area contributed by atoms with Gasteiger partial charge in [0.25, 0.3) is 5.91 Å². The molecular weight excluding hydrogens is 532 g/mol. The zero-order chi connectivity index (χ0) is 25.3. The highest BCUT2D eigenvalue weighted by atomic mass is 79.9. The maximum Gasteiger partial charge on any atom is 0.251 e. The first-order valence-electron chi connectivity index (χ1n) is 12.8. The molecule has 3 amide bonds. The van der Waals surface area contributed by atoms with E-state index in [1.54, 1.807) is 24.3 Å². The summed E-state index contributed by atoms with van der Waals surface area (Å²) >= 11 is 4.02. The lowest BCUT2D eigenvalue weighted by molar-refractivity contribution is -0.122. The number of carbonyl (C=O) groups is 3. The number of amides is 3. The van der Waals surface area contributed by atoms with Crippen LogP contribution in [0.5, 0.6) is 0 Å². The van der Waals surface area contributed by atoms with Crippen molar-refractivity contribution in [1.82, 2.24) is 5.32 Å². The van der Waals surface area contributed by atoms with Crippen molar-refractivity contribution in [2.75, 3.05) is 18.1 Å². The van der Waals surface area contributed by atoms with Gasteiger partial charge in [0, 0.05) is 24.6 Å². The molecule has 3 aromatic rings. The predicted octanol–water partition coefficient (Wildman–Crippen LogP) is 4.50. The summed E-state index contributed by atoms with van der Waals surface area (Å²) in [6.07, 6.45) is 1.97. The van der Waals surface area contributed by atoms with Crippen molar-refractivity contribution in [1.29, 1.82) is 0 Å². The Kier molecular flexibility index (Phi) is 5.17. The highest BCUT2D eigenvalue weighted by molar-refractivity contribution is 9.09. The number of hydrogen-bond acceptors (Lipinski definition) is 4. The third-order valence-electron chi connectivity index (χ3n) is 8.40. The summed E-state index contributed by atoms with van der Waals surface area (Å²) in [5.74, 6) is -2.00. The fraction of sp³-hybridized carbons (Fsp3) is 0.300. The summed E-state index contributed by atoms with van der Waals surface area (Å²) in [6, 6.07) is 23.0. The number of anilines is 1. The second kappa shape index (κ2) is 8.36. The lowest BCUT2D eigenvalue weighted by atomic mass is 9.55. The number of nitrogens with zero attached hydrogens (tertiary/aromatic N) is 1. The van der Waals surface area contributed by atoms with Gasteiger partial charge in [-0.25, -0.2) is 4.90 Å². The molecule has 37 heavy (non-hydrogen) atoms. The molecule has 0 aromatic heterocycles. The molecule has 2 fully saturated rings. The van der Waals surface area contributed by atoms with Gasteiger partial charge in [0.2, 0.25) is 11.8 Å². The number of hydrogen-bond donors (Lipinski definition) is 1. The number of nitrogens with one attached hydrogen (secondary N) is 1. The highest BCUT2D eigenvalue weighted by Crippen LogP contribution is 2.66. The Labute approximate surface area is 223 Å². The van der Waals surface area contributed by atoms with Gasteiger partial charge in [0.05, 0.1) is 28.0 Å². The van der Waals surface area contributed by atoms with Crippen LogP contribution >= 0.6 is 15.9 Å². The van der Waals surface area contributed by atoms with Crippen LogP contribution in [0.2, 0.25) is 0 Å². The molecule has 5 aliphatic rings. The van der Waals surface area contributed by atoms with Crippen LogP contribution < -0.4 is 10.2 Å². The summed E-state index contributed by atoms with van der Waals surface area (Å²) < 4.78 is 4.80. The molecule has 2 heterocycles. The molecule has 2 bridgehead atoms. The van der Waals surface area contributed by atoms with Gasteiger partial charge in [0.1, 0.15) is 0 Å². The molecule has 2 saturated heterocycles. The average Bonchev–Trinajstić information content (AvgIpc) is 3.54. The molecule has 1 N–H and O–H groups in total. The van der Waals surface area contributed by atoms with Crippen molar-refractivity contribution >= 4 is 39.3 Å². The van der Waals surface area contributed by atoms with Gasteiger partial charge in [-0.3, -0.25) is 14.4 Å². The van der Waals surface area contributed by atoms with E-state index >= 15 is 0 Å². The van der Waals surface area contributed by atoms with E-state index in [9.17, 15) is 14.4 Å². The van der Waals surface area contributed by atoms with Gasteiger partial charge in [-0.2, -0.15) is 0 Å². The van der Waals surface area contributed by atoms with Crippen LogP contribution in [0.15, 0.2) is 72.8 Å². The Balaban J connectivity index is 1.26. The van der Waals surface area contributed by atoms with E-state index < -0.39 is 16.2 Å². The second-order valence-electron chi connectivity index (χ2n) is 10.3. The molecule has 0 spiro atoms. The standard InChI is InChI=1S/C30H25BrN2O4/c31-30-22-12-3-1-10-20(22)24(21-11-2-4-13-23(21)30)25-26(30)29(36)33(28(25)35)18-8-5-7-17(15-18)27(34)32-16-19-9-6-14-37-19/h1-5,7-8,10-13,15,19,24-26H,6,9,14,16H2,(H,32,34)/t19-,24?,25-,26-,30?/m0/s1. The minimum atomic E-state index is -0.794. The van der Waals surface area contributed by atoms with E-state index in [0.717, 1.165) is 41.7 Å². The smallest absolute Gasteiger partial charge is 0.251 e. The van der Waals surface area contributed by atoms with Crippen molar-refractivity contribution < 1.29 is 19.1 Å². The summed E-state index contributed by atoms with van der Waals surface area (Å²) in [7, 11) is 0. The van der Waals surface area contributed by atoms with Crippen molar-refractivity contribution in [3.63, 3.8) is 0 Å². The van der Waals surface area contributed by atoms with Gasteiger partial charge in [-0.1, -0.05) is 70.5 Å². The largest absolute Gasteiger partial charge is 0.376 e. The number of imide groups is 1. The number of rotatable bonds is 4. The van der Waals surface area contributed by atoms with Crippen molar-refractivity contribution in [2.45, 2.75) is 29.2 Å². The SMILES string of the molecule is O=C(NC[C@@H]1CCCO1)c1cccc(N2C(=O)[C@@H]3[C@@H](C2=O)C2c4ccccc4C3(Br)c3ccccc32)c1. The van der Waals surface area contributed by atoms with Crippen LogP contribution in [0.1, 0.15) is 51.4 Å². The fourth-order valence-corrected chi connectivity index (χ4v) is 8.04. The first-order valence-corrected chi connectivity index (χ1v) is 13.5. The van der Waals surface area contributed by atoms with Crippen molar-refractivity contribution in [3.05, 3.63) is 101 Å². The van der Waals surface area contributed by atoms with Gasteiger partial charge < -0.3 is 10.1 Å². The molecule has 3 aromatic carbocycles. The van der Waals surface area contributed by atoms with Gasteiger partial charge in [-0.05, 0) is 53.3 Å². The lowest BCUT2D eigenvalue weighted by Crippen LogP contribution is -2.50. The van der Waals surface area contributed by atoms with Crippen LogP contribution in [0.4, 0.5) is 5.69 Å². The first kappa shape index (κ1) is 22.9. The number of benzene rings is 3. The van der Waals surface area contributed by atoms with Crippen molar-refractivity contribution in [3.8, 4) is 0 Å². The molecule has 186 valence electrons. The van der Waals surface area contributed by atoms with Gasteiger partial charge in [-0.15, -0.1) is 0 Å². The Morgan fingerprint density at radius 1 is 0.973 bits per heavy atom. The Morgan fingerprint density at radius 2 is 1.68 bits per heavy atom.